The van der Waals surface area contributed by atoms with Crippen LogP contribution in [0.15, 0.2) is 0 Å². The number of carboxylic acids is 1. The molecule has 0 radical (unpaired) electrons. The van der Waals surface area contributed by atoms with E-state index in [1.807, 2.05) is 0 Å². The third kappa shape index (κ3) is 5.57. The van der Waals surface area contributed by atoms with Crippen LogP contribution in [-0.2, 0) is 9.59 Å². The number of hydrogen-bond acceptors (Lipinski definition) is 4. The number of aliphatic carboxylic acids is 1. The fourth-order valence-electron chi connectivity index (χ4n) is 2.36. The average Bonchev–Trinajstić information content (AvgIpc) is 2.27. The summed E-state index contributed by atoms with van der Waals surface area (Å²) >= 11 is 0. The van der Waals surface area contributed by atoms with Crippen LogP contribution < -0.4 is 0 Å². The standard InChI is InChI=1S/C13H24N2O4/c1-13(2,10-12(18)19)9-11(17)15-5-3-14(4-6-15)7-8-16/h16H,3-10H2,1-2H3,(H,18,19). The fraction of sp³-hybridized carbons (Fsp3) is 0.846. The van der Waals surface area contributed by atoms with E-state index in [9.17, 15) is 9.59 Å². The van der Waals surface area contributed by atoms with Gasteiger partial charge in [0.15, 0.2) is 0 Å². The van der Waals surface area contributed by atoms with Gasteiger partial charge in [-0.05, 0) is 5.41 Å². The van der Waals surface area contributed by atoms with Crippen molar-refractivity contribution in [3.05, 3.63) is 0 Å². The van der Waals surface area contributed by atoms with E-state index in [1.54, 1.807) is 18.7 Å². The normalized spacial score (nSPS) is 17.5. The van der Waals surface area contributed by atoms with Crippen LogP contribution in [0.25, 0.3) is 0 Å². The Balaban J connectivity index is 2.41. The van der Waals surface area contributed by atoms with Gasteiger partial charge >= 0.3 is 5.97 Å². The first-order valence-corrected chi connectivity index (χ1v) is 6.67. The van der Waals surface area contributed by atoms with Gasteiger partial charge in [-0.3, -0.25) is 14.5 Å². The number of amides is 1. The maximum atomic E-state index is 12.1. The van der Waals surface area contributed by atoms with Crippen molar-refractivity contribution in [2.45, 2.75) is 26.7 Å². The summed E-state index contributed by atoms with van der Waals surface area (Å²) < 4.78 is 0. The van der Waals surface area contributed by atoms with E-state index in [0.29, 0.717) is 19.6 Å². The van der Waals surface area contributed by atoms with Crippen LogP contribution in [-0.4, -0.2) is 71.2 Å². The van der Waals surface area contributed by atoms with Gasteiger partial charge in [-0.1, -0.05) is 13.8 Å². The lowest BCUT2D eigenvalue weighted by Gasteiger charge is -2.36. The number of carbonyl (C=O) groups is 2. The molecular weight excluding hydrogens is 248 g/mol. The van der Waals surface area contributed by atoms with Gasteiger partial charge in [0.1, 0.15) is 0 Å². The highest BCUT2D eigenvalue weighted by Crippen LogP contribution is 2.26. The summed E-state index contributed by atoms with van der Waals surface area (Å²) in [6, 6.07) is 0. The molecule has 2 N–H and O–H groups in total. The molecule has 1 aliphatic rings. The van der Waals surface area contributed by atoms with Crippen LogP contribution >= 0.6 is 0 Å². The lowest BCUT2D eigenvalue weighted by molar-refractivity contribution is -0.141. The van der Waals surface area contributed by atoms with Crippen molar-refractivity contribution in [2.75, 3.05) is 39.3 Å². The van der Waals surface area contributed by atoms with Crippen LogP contribution in [0, 0.1) is 5.41 Å². The molecule has 1 aliphatic heterocycles. The minimum Gasteiger partial charge on any atom is -0.481 e. The molecule has 1 heterocycles. The SMILES string of the molecule is CC(C)(CC(=O)O)CC(=O)N1CCN(CCO)CC1. The van der Waals surface area contributed by atoms with Crippen LogP contribution in [0.1, 0.15) is 26.7 Å². The Kier molecular flexibility index (Phi) is 5.75. The smallest absolute Gasteiger partial charge is 0.303 e. The molecule has 0 aromatic heterocycles. The van der Waals surface area contributed by atoms with E-state index >= 15 is 0 Å². The summed E-state index contributed by atoms with van der Waals surface area (Å²) in [6.07, 6.45) is 0.266. The van der Waals surface area contributed by atoms with E-state index in [-0.39, 0.29) is 25.4 Å². The van der Waals surface area contributed by atoms with Crippen molar-refractivity contribution in [3.8, 4) is 0 Å². The van der Waals surface area contributed by atoms with E-state index < -0.39 is 11.4 Å². The number of hydrogen-bond donors (Lipinski definition) is 2. The third-order valence-electron chi connectivity index (χ3n) is 3.40. The zero-order valence-electron chi connectivity index (χ0n) is 11.8. The van der Waals surface area contributed by atoms with Crippen LogP contribution in [0.3, 0.4) is 0 Å². The van der Waals surface area contributed by atoms with Gasteiger partial charge in [-0.25, -0.2) is 0 Å². The van der Waals surface area contributed by atoms with Gasteiger partial charge < -0.3 is 15.1 Å². The van der Waals surface area contributed by atoms with Gasteiger partial charge in [-0.2, -0.15) is 0 Å². The van der Waals surface area contributed by atoms with Crippen molar-refractivity contribution in [1.82, 2.24) is 9.80 Å². The molecule has 6 heteroatoms. The van der Waals surface area contributed by atoms with Crippen molar-refractivity contribution >= 4 is 11.9 Å². The maximum absolute atomic E-state index is 12.1. The first-order chi connectivity index (χ1) is 8.84. The Bertz CT molecular complexity index is 323. The molecule has 0 aromatic carbocycles. The van der Waals surface area contributed by atoms with E-state index in [1.165, 1.54) is 0 Å². The first kappa shape index (κ1) is 15.9. The number of aliphatic hydroxyl groups excluding tert-OH is 1. The van der Waals surface area contributed by atoms with Gasteiger partial charge in [0.05, 0.1) is 13.0 Å². The molecule has 6 nitrogen and oxygen atoms in total. The van der Waals surface area contributed by atoms with Crippen molar-refractivity contribution < 1.29 is 19.8 Å². The highest BCUT2D eigenvalue weighted by atomic mass is 16.4. The number of piperazine rings is 1. The second-order valence-electron chi connectivity index (χ2n) is 5.86. The summed E-state index contributed by atoms with van der Waals surface area (Å²) in [7, 11) is 0. The van der Waals surface area contributed by atoms with Crippen LogP contribution in [0.2, 0.25) is 0 Å². The Morgan fingerprint density at radius 1 is 1.11 bits per heavy atom. The van der Waals surface area contributed by atoms with Crippen molar-refractivity contribution in [1.29, 1.82) is 0 Å². The number of carboxylic acid groups (broad SMARTS) is 1. The van der Waals surface area contributed by atoms with E-state index in [4.69, 9.17) is 10.2 Å². The summed E-state index contributed by atoms with van der Waals surface area (Å²) in [5.41, 5.74) is -0.509. The zero-order valence-corrected chi connectivity index (χ0v) is 11.8. The minimum absolute atomic E-state index is 0.00319. The fourth-order valence-corrected chi connectivity index (χ4v) is 2.36. The van der Waals surface area contributed by atoms with E-state index in [2.05, 4.69) is 4.90 Å². The lowest BCUT2D eigenvalue weighted by Crippen LogP contribution is -2.50. The second-order valence-corrected chi connectivity index (χ2v) is 5.86. The predicted octanol–water partition coefficient (Wildman–Crippen LogP) is 0.0139. The molecule has 1 amide bonds. The summed E-state index contributed by atoms with van der Waals surface area (Å²) in [6.45, 7) is 7.25. The predicted molar refractivity (Wildman–Crippen MR) is 70.8 cm³/mol. The quantitative estimate of drug-likeness (QED) is 0.712. The number of carbonyl (C=O) groups excluding carboxylic acids is 1. The van der Waals surface area contributed by atoms with Crippen molar-refractivity contribution in [3.63, 3.8) is 0 Å². The number of β-amino-alcohol motifs (C(OH)–C–C–N with tert-alkyl or cyclic N) is 1. The van der Waals surface area contributed by atoms with Gasteiger partial charge in [0.2, 0.25) is 5.91 Å². The molecule has 1 saturated heterocycles. The molecule has 0 atom stereocenters. The largest absolute Gasteiger partial charge is 0.481 e. The van der Waals surface area contributed by atoms with Gasteiger partial charge in [0.25, 0.3) is 0 Å². The number of aliphatic hydroxyl groups is 1. The minimum atomic E-state index is -0.870. The number of rotatable bonds is 6. The Hall–Kier alpha value is -1.14. The topological polar surface area (TPSA) is 81.1 Å². The molecular formula is C13H24N2O4. The molecule has 0 spiro atoms. The molecule has 0 unspecified atom stereocenters. The summed E-state index contributed by atoms with van der Waals surface area (Å²) in [4.78, 5) is 26.8. The monoisotopic (exact) mass is 272 g/mol. The molecule has 110 valence electrons. The molecule has 0 aliphatic carbocycles. The molecule has 0 aromatic rings. The van der Waals surface area contributed by atoms with Crippen LogP contribution in [0.4, 0.5) is 0 Å². The van der Waals surface area contributed by atoms with Gasteiger partial charge in [-0.15, -0.1) is 0 Å². The highest BCUT2D eigenvalue weighted by molar-refractivity contribution is 5.78. The molecule has 0 bridgehead atoms. The Labute approximate surface area is 114 Å². The Morgan fingerprint density at radius 3 is 2.16 bits per heavy atom. The first-order valence-electron chi connectivity index (χ1n) is 6.67. The molecule has 1 rings (SSSR count). The van der Waals surface area contributed by atoms with Gasteiger partial charge in [0, 0.05) is 39.1 Å². The number of nitrogens with zero attached hydrogens (tertiary/aromatic N) is 2. The van der Waals surface area contributed by atoms with Crippen molar-refractivity contribution in [2.24, 2.45) is 5.41 Å². The average molecular weight is 272 g/mol. The summed E-state index contributed by atoms with van der Waals surface area (Å²) in [5, 5.41) is 17.7. The second kappa shape index (κ2) is 6.86. The zero-order chi connectivity index (χ0) is 14.5. The Morgan fingerprint density at radius 2 is 1.68 bits per heavy atom. The molecule has 19 heavy (non-hydrogen) atoms. The summed E-state index contributed by atoms with van der Waals surface area (Å²) in [5.74, 6) is -0.847. The lowest BCUT2D eigenvalue weighted by atomic mass is 9.85. The maximum Gasteiger partial charge on any atom is 0.303 e. The van der Waals surface area contributed by atoms with Crippen LogP contribution in [0.5, 0.6) is 0 Å². The van der Waals surface area contributed by atoms with E-state index in [0.717, 1.165) is 13.1 Å². The highest BCUT2D eigenvalue weighted by Gasteiger charge is 2.29. The molecule has 0 saturated carbocycles. The molecule has 1 fully saturated rings. The third-order valence-corrected chi connectivity index (χ3v) is 3.40.